The summed E-state index contributed by atoms with van der Waals surface area (Å²) in [6.07, 6.45) is 2.07. The van der Waals surface area contributed by atoms with Crippen LogP contribution in [0.15, 0.2) is 42.5 Å². The predicted octanol–water partition coefficient (Wildman–Crippen LogP) is 4.34. The van der Waals surface area contributed by atoms with Crippen LogP contribution in [-0.2, 0) is 6.54 Å². The lowest BCUT2D eigenvalue weighted by Crippen LogP contribution is -2.17. The molecule has 0 saturated heterocycles. The molecular formula is C16H20ClN. The summed E-state index contributed by atoms with van der Waals surface area (Å²) >= 11 is 6.10. The van der Waals surface area contributed by atoms with E-state index in [-0.39, 0.29) is 0 Å². The van der Waals surface area contributed by atoms with E-state index in [1.54, 1.807) is 0 Å². The van der Waals surface area contributed by atoms with Crippen molar-refractivity contribution in [1.29, 1.82) is 0 Å². The third-order valence-electron chi connectivity index (χ3n) is 3.27. The standard InChI is InChI=1S/C16H20ClN/c1-2-15(17)10-11-18-12-14-8-5-7-13-6-3-4-9-16(13)14/h3-9,15,18H,2,10-12H2,1H3. The molecule has 96 valence electrons. The Kier molecular flexibility index (Phi) is 5.03. The second-order valence-electron chi connectivity index (χ2n) is 4.61. The first kappa shape index (κ1) is 13.4. The van der Waals surface area contributed by atoms with E-state index in [1.165, 1.54) is 16.3 Å². The zero-order chi connectivity index (χ0) is 12.8. The third kappa shape index (κ3) is 3.47. The Bertz CT molecular complexity index is 490. The van der Waals surface area contributed by atoms with Gasteiger partial charge in [-0.25, -0.2) is 0 Å². The fraction of sp³-hybridized carbons (Fsp3) is 0.375. The highest BCUT2D eigenvalue weighted by Gasteiger charge is 2.02. The van der Waals surface area contributed by atoms with Crippen LogP contribution in [0.2, 0.25) is 0 Å². The van der Waals surface area contributed by atoms with Crippen LogP contribution in [0.1, 0.15) is 25.3 Å². The molecule has 2 rings (SSSR count). The second kappa shape index (κ2) is 6.77. The number of alkyl halides is 1. The quantitative estimate of drug-likeness (QED) is 0.603. The van der Waals surface area contributed by atoms with E-state index in [2.05, 4.69) is 54.7 Å². The van der Waals surface area contributed by atoms with Crippen LogP contribution in [-0.4, -0.2) is 11.9 Å². The van der Waals surface area contributed by atoms with Crippen molar-refractivity contribution in [1.82, 2.24) is 5.32 Å². The second-order valence-corrected chi connectivity index (χ2v) is 5.23. The smallest absolute Gasteiger partial charge is 0.0345 e. The van der Waals surface area contributed by atoms with Gasteiger partial charge in [0, 0.05) is 11.9 Å². The lowest BCUT2D eigenvalue weighted by atomic mass is 10.0. The lowest BCUT2D eigenvalue weighted by Gasteiger charge is -2.10. The molecule has 0 aliphatic heterocycles. The number of benzene rings is 2. The number of halogens is 1. The van der Waals surface area contributed by atoms with Gasteiger partial charge < -0.3 is 5.32 Å². The van der Waals surface area contributed by atoms with E-state index < -0.39 is 0 Å². The van der Waals surface area contributed by atoms with Gasteiger partial charge in [-0.2, -0.15) is 0 Å². The molecule has 1 N–H and O–H groups in total. The minimum atomic E-state index is 0.296. The van der Waals surface area contributed by atoms with E-state index in [9.17, 15) is 0 Å². The summed E-state index contributed by atoms with van der Waals surface area (Å²) < 4.78 is 0. The maximum Gasteiger partial charge on any atom is 0.0345 e. The summed E-state index contributed by atoms with van der Waals surface area (Å²) in [7, 11) is 0. The molecule has 0 aliphatic carbocycles. The SMILES string of the molecule is CCC(Cl)CCNCc1cccc2ccccc12. The van der Waals surface area contributed by atoms with Crippen molar-refractivity contribution in [3.8, 4) is 0 Å². The molecule has 0 amide bonds. The Morgan fingerprint density at radius 2 is 1.89 bits per heavy atom. The first-order chi connectivity index (χ1) is 8.81. The monoisotopic (exact) mass is 261 g/mol. The fourth-order valence-electron chi connectivity index (χ4n) is 2.13. The van der Waals surface area contributed by atoms with Crippen LogP contribution in [0.5, 0.6) is 0 Å². The number of fused-ring (bicyclic) bond motifs is 1. The molecule has 0 bridgehead atoms. The van der Waals surface area contributed by atoms with Crippen molar-refractivity contribution in [2.24, 2.45) is 0 Å². The summed E-state index contributed by atoms with van der Waals surface area (Å²) in [5, 5.41) is 6.42. The highest BCUT2D eigenvalue weighted by molar-refractivity contribution is 6.20. The molecule has 18 heavy (non-hydrogen) atoms. The Balaban J connectivity index is 1.95. The van der Waals surface area contributed by atoms with Gasteiger partial charge in [0.05, 0.1) is 0 Å². The molecule has 2 aromatic rings. The lowest BCUT2D eigenvalue weighted by molar-refractivity contribution is 0.623. The van der Waals surface area contributed by atoms with Gasteiger partial charge in [-0.05, 0) is 35.7 Å². The summed E-state index contributed by atoms with van der Waals surface area (Å²) in [6, 6.07) is 15.0. The summed E-state index contributed by atoms with van der Waals surface area (Å²) in [5.74, 6) is 0. The number of hydrogen-bond acceptors (Lipinski definition) is 1. The molecule has 0 spiro atoms. The van der Waals surface area contributed by atoms with Crippen LogP contribution < -0.4 is 5.32 Å². The highest BCUT2D eigenvalue weighted by Crippen LogP contribution is 2.18. The largest absolute Gasteiger partial charge is 0.313 e. The van der Waals surface area contributed by atoms with E-state index in [0.29, 0.717) is 5.38 Å². The van der Waals surface area contributed by atoms with Gasteiger partial charge in [-0.15, -0.1) is 11.6 Å². The molecular weight excluding hydrogens is 242 g/mol. The van der Waals surface area contributed by atoms with Crippen LogP contribution in [0.25, 0.3) is 10.8 Å². The van der Waals surface area contributed by atoms with Crippen LogP contribution in [0.3, 0.4) is 0 Å². The van der Waals surface area contributed by atoms with Crippen molar-refractivity contribution in [2.45, 2.75) is 31.7 Å². The van der Waals surface area contributed by atoms with Crippen molar-refractivity contribution < 1.29 is 0 Å². The van der Waals surface area contributed by atoms with E-state index in [4.69, 9.17) is 11.6 Å². The Hall–Kier alpha value is -1.05. The predicted molar refractivity (Wildman–Crippen MR) is 80.2 cm³/mol. The summed E-state index contributed by atoms with van der Waals surface area (Å²) in [5.41, 5.74) is 1.36. The molecule has 0 aliphatic rings. The van der Waals surface area contributed by atoms with Gasteiger partial charge in [0.15, 0.2) is 0 Å². The van der Waals surface area contributed by atoms with E-state index >= 15 is 0 Å². The van der Waals surface area contributed by atoms with E-state index in [0.717, 1.165) is 25.9 Å². The van der Waals surface area contributed by atoms with Crippen LogP contribution in [0, 0.1) is 0 Å². The Morgan fingerprint density at radius 1 is 1.11 bits per heavy atom. The van der Waals surface area contributed by atoms with Crippen molar-refractivity contribution >= 4 is 22.4 Å². The number of rotatable bonds is 6. The van der Waals surface area contributed by atoms with E-state index in [1.807, 2.05) is 0 Å². The van der Waals surface area contributed by atoms with Crippen LogP contribution in [0.4, 0.5) is 0 Å². The summed E-state index contributed by atoms with van der Waals surface area (Å²) in [6.45, 7) is 4.02. The zero-order valence-corrected chi connectivity index (χ0v) is 11.6. The minimum Gasteiger partial charge on any atom is -0.313 e. The normalized spacial score (nSPS) is 12.8. The van der Waals surface area contributed by atoms with Gasteiger partial charge in [0.2, 0.25) is 0 Å². The van der Waals surface area contributed by atoms with Gasteiger partial charge in [0.1, 0.15) is 0 Å². The molecule has 1 unspecified atom stereocenters. The molecule has 0 fully saturated rings. The molecule has 2 heteroatoms. The first-order valence-electron chi connectivity index (χ1n) is 6.62. The molecule has 0 radical (unpaired) electrons. The maximum atomic E-state index is 6.10. The van der Waals surface area contributed by atoms with Gasteiger partial charge in [0.25, 0.3) is 0 Å². The molecule has 0 saturated carbocycles. The zero-order valence-electron chi connectivity index (χ0n) is 10.8. The topological polar surface area (TPSA) is 12.0 Å². The Morgan fingerprint density at radius 3 is 2.72 bits per heavy atom. The van der Waals surface area contributed by atoms with Gasteiger partial charge >= 0.3 is 0 Å². The molecule has 2 aromatic carbocycles. The average molecular weight is 262 g/mol. The molecule has 1 nitrogen and oxygen atoms in total. The molecule has 0 heterocycles. The van der Waals surface area contributed by atoms with Gasteiger partial charge in [-0.1, -0.05) is 49.4 Å². The average Bonchev–Trinajstić information content (AvgIpc) is 2.43. The van der Waals surface area contributed by atoms with Crippen molar-refractivity contribution in [2.75, 3.05) is 6.54 Å². The number of hydrogen-bond donors (Lipinski definition) is 1. The van der Waals surface area contributed by atoms with Crippen molar-refractivity contribution in [3.63, 3.8) is 0 Å². The molecule has 0 aromatic heterocycles. The third-order valence-corrected chi connectivity index (χ3v) is 3.80. The Labute approximate surface area is 114 Å². The van der Waals surface area contributed by atoms with Crippen LogP contribution >= 0.6 is 11.6 Å². The fourth-order valence-corrected chi connectivity index (χ4v) is 2.24. The molecule has 1 atom stereocenters. The maximum absolute atomic E-state index is 6.10. The van der Waals surface area contributed by atoms with Crippen molar-refractivity contribution in [3.05, 3.63) is 48.0 Å². The highest BCUT2D eigenvalue weighted by atomic mass is 35.5. The van der Waals surface area contributed by atoms with Gasteiger partial charge in [-0.3, -0.25) is 0 Å². The summed E-state index contributed by atoms with van der Waals surface area (Å²) in [4.78, 5) is 0. The minimum absolute atomic E-state index is 0.296. The number of nitrogens with one attached hydrogen (secondary N) is 1. The first-order valence-corrected chi connectivity index (χ1v) is 7.06.